The summed E-state index contributed by atoms with van der Waals surface area (Å²) in [5.74, 6) is 1.71. The Morgan fingerprint density at radius 3 is 1.67 bits per heavy atom. The first-order valence-electron chi connectivity index (χ1n) is 35.7. The van der Waals surface area contributed by atoms with Crippen LogP contribution in [-0.2, 0) is 94.5 Å². The topological polar surface area (TPSA) is 147 Å². The zero-order valence-corrected chi connectivity index (χ0v) is 73.4. The molecule has 0 fully saturated rings. The Morgan fingerprint density at radius 1 is 0.465 bits per heavy atom. The van der Waals surface area contributed by atoms with Crippen LogP contribution in [0.2, 0.25) is 0 Å². The maximum atomic E-state index is 14.5. The minimum atomic E-state index is -0.677. The zero-order valence-electron chi connectivity index (χ0n) is 63.8. The van der Waals surface area contributed by atoms with Gasteiger partial charge in [-0.05, 0) is 135 Å². The first-order chi connectivity index (χ1) is 53.6. The molecule has 114 heavy (non-hydrogen) atoms. The van der Waals surface area contributed by atoms with Crippen LogP contribution in [0.1, 0.15) is 44.5 Å². The van der Waals surface area contributed by atoms with E-state index >= 15 is 0 Å². The van der Waals surface area contributed by atoms with Gasteiger partial charge in [-0.25, -0.2) is 4.98 Å². The molecule has 0 unspecified atom stereocenters. The van der Waals surface area contributed by atoms with Crippen LogP contribution in [-0.4, -0.2) is 62.5 Å². The third-order valence-electron chi connectivity index (χ3n) is 18.6. The van der Waals surface area contributed by atoms with E-state index in [1.54, 1.807) is 18.7 Å². The number of fused-ring (bicyclic) bond motifs is 7. The molecular formula is C93H76F2Ir4N14O-6. The fraction of sp³-hybridized carbons (Fsp3) is 0.108. The fourth-order valence-electron chi connectivity index (χ4n) is 14.0. The molecule has 15 nitrogen and oxygen atoms in total. The first-order valence-corrected chi connectivity index (χ1v) is 35.7. The van der Waals surface area contributed by atoms with Gasteiger partial charge < -0.3 is 37.3 Å². The van der Waals surface area contributed by atoms with Gasteiger partial charge in [0.2, 0.25) is 0 Å². The van der Waals surface area contributed by atoms with E-state index in [1.807, 2.05) is 216 Å². The van der Waals surface area contributed by atoms with Gasteiger partial charge in [0.15, 0.2) is 0 Å². The van der Waals surface area contributed by atoms with Crippen LogP contribution >= 0.6 is 0 Å². The first kappa shape index (κ1) is 85.1. The van der Waals surface area contributed by atoms with Gasteiger partial charge in [0.25, 0.3) is 0 Å². The predicted molar refractivity (Wildman–Crippen MR) is 433 cm³/mol. The maximum absolute atomic E-state index is 14.5. The minimum absolute atomic E-state index is 0. The summed E-state index contributed by atoms with van der Waals surface area (Å²) in [6.45, 7) is 16.7. The number of imidazole rings is 5. The van der Waals surface area contributed by atoms with Crippen molar-refractivity contribution in [3.63, 3.8) is 0 Å². The predicted octanol–water partition coefficient (Wildman–Crippen LogP) is 20.9. The molecule has 0 amide bonds. The Kier molecular flexibility index (Phi) is 29.1. The second-order valence-corrected chi connectivity index (χ2v) is 26.6. The van der Waals surface area contributed by atoms with Gasteiger partial charge in [-0.2, -0.15) is 41.6 Å². The molecule has 580 valence electrons. The summed E-state index contributed by atoms with van der Waals surface area (Å²) in [4.78, 5) is 26.4. The standard InChI is InChI=1S/C22H17F2N2.C17H15N2.C15H14N3O.C15H9N2.C14H12N3.C10H9N2.4Ir/c1-13-10-14(2)21(15(3)11-13)26-20-7-5-4-6-19(20)25-22(26)17-9-8-16(23)12-18(17)24;1-13-7-6-8-14(2)16(13)19-12-11-18-17(19)15-9-4-3-5-10-15;1-10-8-11(2)14(12(3)9-10)18-6-5-16-15(18)13-4-7-19-17-13;1-2-6-13-11(5-1)12-7-3-4-8-14(12)17-15(13)9-10-16-17;1-17-9-13(16-10-17)14-12(7-8-15-14)11-5-3-2-4-6-11;1-12-8-7-11-10(12)9-5-3-2-4-6-9;;;;/h4-8,10-12H,1-3H3;3-9,11-12H,1-2H3;5-9H,1-3H3;1-7,9-10H;2-10H,1H3;2-5,7-8H,1H3;;;;/q6*-1;;;;. The normalized spacial score (nSPS) is 10.5. The van der Waals surface area contributed by atoms with Gasteiger partial charge in [-0.3, -0.25) is 28.2 Å². The molecule has 0 spiro atoms. The van der Waals surface area contributed by atoms with Gasteiger partial charge >= 0.3 is 0 Å². The molecule has 9 aromatic heterocycles. The number of para-hydroxylation sites is 4. The summed E-state index contributed by atoms with van der Waals surface area (Å²) in [5.41, 5.74) is 23.5. The van der Waals surface area contributed by atoms with Crippen molar-refractivity contribution in [1.29, 1.82) is 0 Å². The third kappa shape index (κ3) is 18.8. The van der Waals surface area contributed by atoms with Crippen molar-refractivity contribution in [2.24, 2.45) is 14.1 Å². The van der Waals surface area contributed by atoms with E-state index in [2.05, 4.69) is 195 Å². The van der Waals surface area contributed by atoms with Crippen molar-refractivity contribution in [1.82, 2.24) is 67.5 Å². The van der Waals surface area contributed by atoms with Crippen molar-refractivity contribution < 1.29 is 93.7 Å². The van der Waals surface area contributed by atoms with Crippen LogP contribution in [0.5, 0.6) is 0 Å². The molecule has 19 rings (SSSR count). The Bertz CT molecular complexity index is 6220. The SMILES string of the molecule is Cc1cc(C)c(-n2c(-c3[c-]cc(F)cc3F)nc3ccccc32)c(C)c1.Cc1cc(C)c(-n2ccnc2-c2[c-]con2)c(C)c1.Cc1cccc(C)c1-n1ccnc1-c1[c-]cccc1.Cn1ccnc1-c1[c-]cccc1.Cn1cnc(-c2[n-]ccc2-c2ccccc2)c1.[Ir].[Ir].[Ir].[Ir].[c-]1cccc2c3ccccc3c3ccnn3c12. The summed E-state index contributed by atoms with van der Waals surface area (Å²) < 4.78 is 44.7. The van der Waals surface area contributed by atoms with E-state index < -0.39 is 11.6 Å². The molecular weight excluding hydrogens is 2140 g/mol. The zero-order chi connectivity index (χ0) is 76.4. The number of hydrogen-bond donors (Lipinski definition) is 0. The Labute approximate surface area is 715 Å². The molecule has 0 aliphatic rings. The molecule has 4 radical (unpaired) electrons. The Balaban J connectivity index is 0.000000145. The van der Waals surface area contributed by atoms with Crippen LogP contribution in [0, 0.1) is 97.4 Å². The van der Waals surface area contributed by atoms with E-state index in [4.69, 9.17) is 4.52 Å². The number of benzene rings is 10. The van der Waals surface area contributed by atoms with Crippen LogP contribution in [0.25, 0.3) is 123 Å². The molecule has 0 aliphatic heterocycles. The molecule has 0 atom stereocenters. The number of nitrogens with zero attached hydrogens (tertiary/aromatic N) is 14. The third-order valence-corrected chi connectivity index (χ3v) is 18.6. The summed E-state index contributed by atoms with van der Waals surface area (Å²) in [6.07, 6.45) is 20.1. The van der Waals surface area contributed by atoms with E-state index in [-0.39, 0.29) is 86.0 Å². The second-order valence-electron chi connectivity index (χ2n) is 26.6. The molecule has 10 aromatic carbocycles. The van der Waals surface area contributed by atoms with E-state index in [0.717, 1.165) is 108 Å². The van der Waals surface area contributed by atoms with Gasteiger partial charge in [-0.1, -0.05) is 143 Å². The number of aryl methyl sites for hydroxylation is 10. The molecule has 0 aliphatic carbocycles. The van der Waals surface area contributed by atoms with Crippen LogP contribution in [0.15, 0.2) is 285 Å². The monoisotopic (exact) mass is 2210 g/mol. The molecule has 19 aromatic rings. The maximum Gasteiger partial charge on any atom is 0.0950 e. The molecule has 0 saturated heterocycles. The molecule has 21 heteroatoms. The van der Waals surface area contributed by atoms with Crippen molar-refractivity contribution in [3.05, 3.63) is 367 Å². The molecule has 0 bridgehead atoms. The second kappa shape index (κ2) is 38.9. The van der Waals surface area contributed by atoms with Crippen molar-refractivity contribution in [2.45, 2.75) is 55.4 Å². The number of pyridine rings is 1. The largest absolute Gasteiger partial charge is 0.662 e. The average molecular weight is 2210 g/mol. The number of aromatic nitrogens is 14. The van der Waals surface area contributed by atoms with Crippen LogP contribution in [0.4, 0.5) is 8.78 Å². The quantitative estimate of drug-likeness (QED) is 0.102. The summed E-state index contributed by atoms with van der Waals surface area (Å²) in [5, 5.41) is 12.0. The minimum Gasteiger partial charge on any atom is -0.662 e. The smallest absolute Gasteiger partial charge is 0.0950 e. The van der Waals surface area contributed by atoms with Crippen molar-refractivity contribution >= 4 is 38.2 Å². The van der Waals surface area contributed by atoms with Gasteiger partial charge in [0, 0.05) is 185 Å². The summed E-state index contributed by atoms with van der Waals surface area (Å²) in [6, 6.07) is 84.4. The number of rotatable bonds is 9. The molecule has 0 N–H and O–H groups in total. The average Bonchev–Trinajstić information content (AvgIpc) is 1.35. The Hall–Kier alpha value is -11.3. The fourth-order valence-corrected chi connectivity index (χ4v) is 14.0. The van der Waals surface area contributed by atoms with Crippen LogP contribution < -0.4 is 4.98 Å². The molecule has 9 heterocycles. The number of hydrogen-bond acceptors (Lipinski definition) is 8. The summed E-state index contributed by atoms with van der Waals surface area (Å²) >= 11 is 0. The molecule has 0 saturated carbocycles. The van der Waals surface area contributed by atoms with Gasteiger partial charge in [-0.15, -0.1) is 100 Å². The van der Waals surface area contributed by atoms with Crippen molar-refractivity contribution in [2.75, 3.05) is 0 Å². The van der Waals surface area contributed by atoms with Crippen molar-refractivity contribution in [3.8, 4) is 85.3 Å². The van der Waals surface area contributed by atoms with Crippen LogP contribution in [0.3, 0.4) is 0 Å². The van der Waals surface area contributed by atoms with Gasteiger partial charge in [0.05, 0.1) is 46.0 Å². The number of halogens is 2. The Morgan fingerprint density at radius 2 is 1.04 bits per heavy atom. The van der Waals surface area contributed by atoms with E-state index in [1.165, 1.54) is 61.5 Å². The van der Waals surface area contributed by atoms with E-state index in [0.29, 0.717) is 11.5 Å². The van der Waals surface area contributed by atoms with Gasteiger partial charge in [0.1, 0.15) is 0 Å². The van der Waals surface area contributed by atoms with E-state index in [9.17, 15) is 8.78 Å². The summed E-state index contributed by atoms with van der Waals surface area (Å²) in [7, 11) is 3.94.